The van der Waals surface area contributed by atoms with Crippen LogP contribution < -0.4 is 5.73 Å². The Bertz CT molecular complexity index is 270. The number of nitrogens with two attached hydrogens (primary N) is 1. The van der Waals surface area contributed by atoms with Gasteiger partial charge in [0.2, 0.25) is 5.91 Å². The third-order valence-electron chi connectivity index (χ3n) is 1.78. The van der Waals surface area contributed by atoms with Gasteiger partial charge in [-0.05, 0) is 13.0 Å². The summed E-state index contributed by atoms with van der Waals surface area (Å²) in [5, 5.41) is 0. The fraction of sp³-hybridized carbons (Fsp3) is 0.375. The number of halogens is 2. The standard InChI is InChI=1S/C8H9BrFNO/c1-8(10)4-5(9)2-3-6(8)7(11)12/h2-4,6H,1H3,(H2,11,12). The fourth-order valence-electron chi connectivity index (χ4n) is 1.16. The highest BCUT2D eigenvalue weighted by atomic mass is 79.9. The predicted molar refractivity (Wildman–Crippen MR) is 48.3 cm³/mol. The van der Waals surface area contributed by atoms with E-state index in [1.54, 1.807) is 6.08 Å². The molecule has 0 bridgehead atoms. The van der Waals surface area contributed by atoms with Gasteiger partial charge in [-0.3, -0.25) is 4.79 Å². The first-order valence-electron chi connectivity index (χ1n) is 3.48. The molecule has 0 spiro atoms. The number of primary amides is 1. The summed E-state index contributed by atoms with van der Waals surface area (Å²) in [5.74, 6) is -1.51. The summed E-state index contributed by atoms with van der Waals surface area (Å²) in [6.07, 6.45) is 4.42. The lowest BCUT2D eigenvalue weighted by atomic mass is 9.87. The number of carbonyl (C=O) groups is 1. The molecule has 12 heavy (non-hydrogen) atoms. The molecule has 0 fully saturated rings. The fourth-order valence-corrected chi connectivity index (χ4v) is 1.76. The smallest absolute Gasteiger partial charge is 0.227 e. The van der Waals surface area contributed by atoms with E-state index < -0.39 is 17.5 Å². The number of hydrogen-bond donors (Lipinski definition) is 1. The summed E-state index contributed by atoms with van der Waals surface area (Å²) in [7, 11) is 0. The maximum atomic E-state index is 13.6. The molecule has 0 aromatic heterocycles. The van der Waals surface area contributed by atoms with Crippen LogP contribution in [0.4, 0.5) is 4.39 Å². The van der Waals surface area contributed by atoms with Gasteiger partial charge in [-0.25, -0.2) is 4.39 Å². The zero-order valence-corrected chi connectivity index (χ0v) is 8.14. The highest BCUT2D eigenvalue weighted by Crippen LogP contribution is 2.32. The van der Waals surface area contributed by atoms with Gasteiger partial charge in [0.25, 0.3) is 0 Å². The molecule has 1 rings (SSSR count). The SMILES string of the molecule is CC1(F)C=C(Br)C=CC1C(N)=O. The van der Waals surface area contributed by atoms with Gasteiger partial charge in [-0.2, -0.15) is 0 Å². The van der Waals surface area contributed by atoms with E-state index in [1.807, 2.05) is 0 Å². The van der Waals surface area contributed by atoms with Crippen molar-refractivity contribution in [2.24, 2.45) is 11.7 Å². The molecule has 1 aliphatic rings. The van der Waals surface area contributed by atoms with Gasteiger partial charge >= 0.3 is 0 Å². The molecule has 1 aliphatic carbocycles. The van der Waals surface area contributed by atoms with Gasteiger partial charge < -0.3 is 5.73 Å². The minimum atomic E-state index is -1.68. The Morgan fingerprint density at radius 3 is 2.83 bits per heavy atom. The number of carbonyl (C=O) groups excluding carboxylic acids is 1. The summed E-state index contributed by atoms with van der Waals surface area (Å²) >= 11 is 3.12. The Hall–Kier alpha value is -0.640. The van der Waals surface area contributed by atoms with Crippen LogP contribution in [0.25, 0.3) is 0 Å². The molecule has 0 aliphatic heterocycles. The molecule has 2 nitrogen and oxygen atoms in total. The minimum absolute atomic E-state index is 0.630. The Morgan fingerprint density at radius 2 is 2.42 bits per heavy atom. The number of amides is 1. The minimum Gasteiger partial charge on any atom is -0.369 e. The van der Waals surface area contributed by atoms with Crippen LogP contribution in [0.5, 0.6) is 0 Å². The molecule has 0 aromatic rings. The monoisotopic (exact) mass is 233 g/mol. The number of allylic oxidation sites excluding steroid dienone is 3. The van der Waals surface area contributed by atoms with Gasteiger partial charge in [0.1, 0.15) is 5.67 Å². The van der Waals surface area contributed by atoms with Gasteiger partial charge in [0.15, 0.2) is 0 Å². The first-order chi connectivity index (χ1) is 5.43. The van der Waals surface area contributed by atoms with Crippen LogP contribution in [-0.2, 0) is 4.79 Å². The van der Waals surface area contributed by atoms with Crippen LogP contribution in [0.2, 0.25) is 0 Å². The van der Waals surface area contributed by atoms with Crippen molar-refractivity contribution in [3.63, 3.8) is 0 Å². The molecular weight excluding hydrogens is 225 g/mol. The van der Waals surface area contributed by atoms with E-state index >= 15 is 0 Å². The first-order valence-corrected chi connectivity index (χ1v) is 4.27. The lowest BCUT2D eigenvalue weighted by molar-refractivity contribution is -0.123. The van der Waals surface area contributed by atoms with E-state index in [9.17, 15) is 9.18 Å². The van der Waals surface area contributed by atoms with Crippen molar-refractivity contribution >= 4 is 21.8 Å². The maximum Gasteiger partial charge on any atom is 0.227 e. The average Bonchev–Trinajstić information content (AvgIpc) is 1.82. The molecule has 1 amide bonds. The summed E-state index contributed by atoms with van der Waals surface area (Å²) in [5.41, 5.74) is 3.33. The molecule has 0 saturated carbocycles. The van der Waals surface area contributed by atoms with E-state index in [2.05, 4.69) is 15.9 Å². The van der Waals surface area contributed by atoms with Crippen LogP contribution >= 0.6 is 15.9 Å². The van der Waals surface area contributed by atoms with Crippen LogP contribution in [0, 0.1) is 5.92 Å². The van der Waals surface area contributed by atoms with Gasteiger partial charge in [-0.1, -0.05) is 28.1 Å². The Labute approximate surface area is 78.4 Å². The molecule has 0 heterocycles. The number of hydrogen-bond acceptors (Lipinski definition) is 1. The lowest BCUT2D eigenvalue weighted by Crippen LogP contribution is -2.38. The van der Waals surface area contributed by atoms with Crippen LogP contribution in [-0.4, -0.2) is 11.6 Å². The van der Waals surface area contributed by atoms with Gasteiger partial charge in [0.05, 0.1) is 5.92 Å². The first kappa shape index (κ1) is 9.45. The quantitative estimate of drug-likeness (QED) is 0.736. The summed E-state index contributed by atoms with van der Waals surface area (Å²) in [6.45, 7) is 1.33. The van der Waals surface area contributed by atoms with Crippen molar-refractivity contribution in [2.45, 2.75) is 12.6 Å². The lowest BCUT2D eigenvalue weighted by Gasteiger charge is -2.25. The molecule has 2 unspecified atom stereocenters. The number of rotatable bonds is 1. The zero-order valence-electron chi connectivity index (χ0n) is 6.55. The molecular formula is C8H9BrFNO. The highest BCUT2D eigenvalue weighted by molar-refractivity contribution is 9.11. The van der Waals surface area contributed by atoms with Crippen LogP contribution in [0.1, 0.15) is 6.92 Å². The third-order valence-corrected chi connectivity index (χ3v) is 2.28. The summed E-state index contributed by atoms with van der Waals surface area (Å²) in [4.78, 5) is 10.8. The largest absolute Gasteiger partial charge is 0.369 e. The molecule has 2 N–H and O–H groups in total. The molecule has 2 atom stereocenters. The molecule has 4 heteroatoms. The van der Waals surface area contributed by atoms with E-state index in [1.165, 1.54) is 19.1 Å². The predicted octanol–water partition coefficient (Wildman–Crippen LogP) is 1.66. The van der Waals surface area contributed by atoms with E-state index in [0.29, 0.717) is 4.48 Å². The van der Waals surface area contributed by atoms with Crippen LogP contribution in [0.15, 0.2) is 22.7 Å². The maximum absolute atomic E-state index is 13.6. The van der Waals surface area contributed by atoms with Crippen molar-refractivity contribution in [1.82, 2.24) is 0 Å². The Kier molecular flexibility index (Phi) is 2.37. The molecule has 0 aromatic carbocycles. The van der Waals surface area contributed by atoms with E-state index in [0.717, 1.165) is 0 Å². The molecule has 66 valence electrons. The van der Waals surface area contributed by atoms with E-state index in [-0.39, 0.29) is 0 Å². The van der Waals surface area contributed by atoms with Crippen LogP contribution in [0.3, 0.4) is 0 Å². The molecule has 0 saturated heterocycles. The normalized spacial score (nSPS) is 34.6. The van der Waals surface area contributed by atoms with Crippen molar-refractivity contribution in [2.75, 3.05) is 0 Å². The second-order valence-electron chi connectivity index (χ2n) is 2.92. The number of alkyl halides is 1. The zero-order chi connectivity index (χ0) is 9.35. The van der Waals surface area contributed by atoms with Crippen molar-refractivity contribution in [3.8, 4) is 0 Å². The highest BCUT2D eigenvalue weighted by Gasteiger charge is 2.36. The van der Waals surface area contributed by atoms with Gasteiger partial charge in [0, 0.05) is 4.48 Å². The second-order valence-corrected chi connectivity index (χ2v) is 3.84. The Morgan fingerprint density at radius 1 is 1.83 bits per heavy atom. The van der Waals surface area contributed by atoms with Crippen molar-refractivity contribution in [3.05, 3.63) is 22.7 Å². The van der Waals surface area contributed by atoms with Crippen molar-refractivity contribution < 1.29 is 9.18 Å². The third kappa shape index (κ3) is 1.75. The molecule has 0 radical (unpaired) electrons. The summed E-state index contributed by atoms with van der Waals surface area (Å²) < 4.78 is 14.2. The van der Waals surface area contributed by atoms with E-state index in [4.69, 9.17) is 5.73 Å². The Balaban J connectivity index is 2.96. The topological polar surface area (TPSA) is 43.1 Å². The average molecular weight is 234 g/mol. The summed E-state index contributed by atoms with van der Waals surface area (Å²) in [6, 6.07) is 0. The second kappa shape index (κ2) is 3.01. The van der Waals surface area contributed by atoms with Crippen molar-refractivity contribution in [1.29, 1.82) is 0 Å². The van der Waals surface area contributed by atoms with Gasteiger partial charge in [-0.15, -0.1) is 0 Å².